The van der Waals surface area contributed by atoms with Crippen LogP contribution in [0.4, 0.5) is 5.82 Å². The number of aromatic nitrogens is 2. The van der Waals surface area contributed by atoms with Crippen LogP contribution in [0.3, 0.4) is 0 Å². The molecule has 0 radical (unpaired) electrons. The SMILES string of the molecule is CCS(=O)(=O)NCc1ccncc1-c1cnc2c(c1)CCCN2. The predicted octanol–water partition coefficient (Wildman–Crippen LogP) is 1.94. The third-order valence-corrected chi connectivity index (χ3v) is 5.31. The minimum Gasteiger partial charge on any atom is -0.370 e. The Kier molecular flexibility index (Phi) is 4.58. The summed E-state index contributed by atoms with van der Waals surface area (Å²) in [5.41, 5.74) is 3.96. The van der Waals surface area contributed by atoms with Gasteiger partial charge in [0, 0.05) is 42.8 Å². The van der Waals surface area contributed by atoms with Crippen LogP contribution in [0, 0.1) is 0 Å². The third-order valence-electron chi connectivity index (χ3n) is 3.97. The number of rotatable bonds is 5. The van der Waals surface area contributed by atoms with Gasteiger partial charge in [0.1, 0.15) is 5.82 Å². The monoisotopic (exact) mass is 332 g/mol. The number of hydrogen-bond donors (Lipinski definition) is 2. The number of nitrogens with zero attached hydrogens (tertiary/aromatic N) is 2. The average molecular weight is 332 g/mol. The van der Waals surface area contributed by atoms with E-state index in [0.717, 1.165) is 41.9 Å². The van der Waals surface area contributed by atoms with E-state index >= 15 is 0 Å². The van der Waals surface area contributed by atoms with Gasteiger partial charge in [-0.1, -0.05) is 0 Å². The Balaban J connectivity index is 1.91. The number of nitrogens with one attached hydrogen (secondary N) is 2. The summed E-state index contributed by atoms with van der Waals surface area (Å²) in [4.78, 5) is 8.66. The van der Waals surface area contributed by atoms with Gasteiger partial charge in [0.25, 0.3) is 0 Å². The summed E-state index contributed by atoms with van der Waals surface area (Å²) in [6, 6.07) is 3.95. The van der Waals surface area contributed by atoms with Gasteiger partial charge in [0.05, 0.1) is 5.75 Å². The zero-order valence-electron chi connectivity index (χ0n) is 13.0. The van der Waals surface area contributed by atoms with Crippen molar-refractivity contribution in [2.24, 2.45) is 0 Å². The lowest BCUT2D eigenvalue weighted by Gasteiger charge is -2.18. The van der Waals surface area contributed by atoms with Crippen LogP contribution in [-0.2, 0) is 23.0 Å². The molecule has 3 heterocycles. The van der Waals surface area contributed by atoms with Gasteiger partial charge >= 0.3 is 0 Å². The Bertz CT molecular complexity index is 805. The number of hydrogen-bond acceptors (Lipinski definition) is 5. The van der Waals surface area contributed by atoms with Crippen LogP contribution in [-0.4, -0.2) is 30.7 Å². The van der Waals surface area contributed by atoms with Crippen LogP contribution >= 0.6 is 0 Å². The molecule has 1 aliphatic rings. The molecular formula is C16H20N4O2S. The summed E-state index contributed by atoms with van der Waals surface area (Å²) in [5, 5.41) is 3.29. The molecule has 6 nitrogen and oxygen atoms in total. The fourth-order valence-corrected chi connectivity index (χ4v) is 3.20. The van der Waals surface area contributed by atoms with Crippen LogP contribution < -0.4 is 10.0 Å². The average Bonchev–Trinajstić information content (AvgIpc) is 2.60. The highest BCUT2D eigenvalue weighted by atomic mass is 32.2. The fourth-order valence-electron chi connectivity index (χ4n) is 2.62. The molecule has 0 bridgehead atoms. The molecule has 2 N–H and O–H groups in total. The van der Waals surface area contributed by atoms with Crippen molar-refractivity contribution in [1.82, 2.24) is 14.7 Å². The standard InChI is InChI=1S/C16H20N4O2S/c1-2-23(21,22)20-10-13-5-7-17-11-15(13)14-8-12-4-3-6-18-16(12)19-9-14/h5,7-9,11,20H,2-4,6,10H2,1H3,(H,18,19). The highest BCUT2D eigenvalue weighted by Crippen LogP contribution is 2.28. The first-order chi connectivity index (χ1) is 11.1. The second-order valence-electron chi connectivity index (χ2n) is 5.52. The van der Waals surface area contributed by atoms with Crippen molar-refractivity contribution in [3.05, 3.63) is 41.9 Å². The van der Waals surface area contributed by atoms with Gasteiger partial charge in [-0.3, -0.25) is 4.98 Å². The number of aryl methyl sites for hydroxylation is 1. The Labute approximate surface area is 136 Å². The van der Waals surface area contributed by atoms with Gasteiger partial charge < -0.3 is 5.32 Å². The fraction of sp³-hybridized carbons (Fsp3) is 0.375. The van der Waals surface area contributed by atoms with Crippen molar-refractivity contribution in [2.45, 2.75) is 26.3 Å². The van der Waals surface area contributed by atoms with E-state index in [1.54, 1.807) is 19.3 Å². The molecule has 0 aliphatic carbocycles. The summed E-state index contributed by atoms with van der Waals surface area (Å²) < 4.78 is 25.9. The second kappa shape index (κ2) is 6.64. The maximum atomic E-state index is 11.7. The van der Waals surface area contributed by atoms with E-state index < -0.39 is 10.0 Å². The summed E-state index contributed by atoms with van der Waals surface area (Å²) in [5.74, 6) is 1.01. The van der Waals surface area contributed by atoms with E-state index in [9.17, 15) is 8.42 Å². The zero-order chi connectivity index (χ0) is 16.3. The molecule has 7 heteroatoms. The predicted molar refractivity (Wildman–Crippen MR) is 90.6 cm³/mol. The summed E-state index contributed by atoms with van der Waals surface area (Å²) in [6.07, 6.45) is 7.34. The van der Waals surface area contributed by atoms with Gasteiger partial charge in [0.15, 0.2) is 0 Å². The van der Waals surface area contributed by atoms with Gasteiger partial charge in [-0.25, -0.2) is 18.1 Å². The van der Waals surface area contributed by atoms with Crippen LogP contribution in [0.15, 0.2) is 30.7 Å². The molecule has 0 saturated carbocycles. The largest absolute Gasteiger partial charge is 0.370 e. The maximum absolute atomic E-state index is 11.7. The van der Waals surface area contributed by atoms with Crippen LogP contribution in [0.25, 0.3) is 11.1 Å². The van der Waals surface area contributed by atoms with Gasteiger partial charge in [0.2, 0.25) is 10.0 Å². The van der Waals surface area contributed by atoms with E-state index in [1.165, 1.54) is 5.56 Å². The first kappa shape index (κ1) is 15.9. The topological polar surface area (TPSA) is 84.0 Å². The van der Waals surface area contributed by atoms with Gasteiger partial charge in [-0.15, -0.1) is 0 Å². The van der Waals surface area contributed by atoms with Crippen molar-refractivity contribution in [1.29, 1.82) is 0 Å². The minimum atomic E-state index is -3.23. The lowest BCUT2D eigenvalue weighted by molar-refractivity contribution is 0.582. The van der Waals surface area contributed by atoms with E-state index in [4.69, 9.17) is 0 Å². The van der Waals surface area contributed by atoms with Crippen LogP contribution in [0.2, 0.25) is 0 Å². The number of pyridine rings is 2. The van der Waals surface area contributed by atoms with E-state index in [1.807, 2.05) is 12.3 Å². The molecule has 2 aromatic heterocycles. The smallest absolute Gasteiger partial charge is 0.211 e. The number of sulfonamides is 1. The zero-order valence-corrected chi connectivity index (χ0v) is 13.9. The molecule has 3 rings (SSSR count). The van der Waals surface area contributed by atoms with Crippen LogP contribution in [0.5, 0.6) is 0 Å². The third kappa shape index (κ3) is 3.68. The molecule has 23 heavy (non-hydrogen) atoms. The van der Waals surface area contributed by atoms with E-state index in [-0.39, 0.29) is 12.3 Å². The lowest BCUT2D eigenvalue weighted by Crippen LogP contribution is -2.25. The van der Waals surface area contributed by atoms with Crippen molar-refractivity contribution in [3.8, 4) is 11.1 Å². The maximum Gasteiger partial charge on any atom is 0.211 e. The van der Waals surface area contributed by atoms with Crippen molar-refractivity contribution < 1.29 is 8.42 Å². The molecule has 2 aromatic rings. The highest BCUT2D eigenvalue weighted by Gasteiger charge is 2.14. The van der Waals surface area contributed by atoms with Gasteiger partial charge in [-0.05, 0) is 43.0 Å². The summed E-state index contributed by atoms with van der Waals surface area (Å²) >= 11 is 0. The Morgan fingerprint density at radius 1 is 1.35 bits per heavy atom. The molecule has 0 amide bonds. The Morgan fingerprint density at radius 3 is 3.04 bits per heavy atom. The Hall–Kier alpha value is -1.99. The molecule has 122 valence electrons. The van der Waals surface area contributed by atoms with E-state index in [0.29, 0.717) is 0 Å². The number of fused-ring (bicyclic) bond motifs is 1. The first-order valence-electron chi connectivity index (χ1n) is 7.72. The molecular weight excluding hydrogens is 312 g/mol. The molecule has 0 fully saturated rings. The lowest BCUT2D eigenvalue weighted by atomic mass is 9.99. The second-order valence-corrected chi connectivity index (χ2v) is 7.61. The van der Waals surface area contributed by atoms with Crippen LogP contribution in [0.1, 0.15) is 24.5 Å². The van der Waals surface area contributed by atoms with E-state index in [2.05, 4.69) is 26.1 Å². The molecule has 0 unspecified atom stereocenters. The molecule has 0 saturated heterocycles. The molecule has 0 aromatic carbocycles. The molecule has 1 aliphatic heterocycles. The number of anilines is 1. The van der Waals surface area contributed by atoms with Crippen molar-refractivity contribution in [3.63, 3.8) is 0 Å². The summed E-state index contributed by atoms with van der Waals surface area (Å²) in [7, 11) is -3.23. The first-order valence-corrected chi connectivity index (χ1v) is 9.37. The highest BCUT2D eigenvalue weighted by molar-refractivity contribution is 7.89. The normalized spacial score (nSPS) is 14.1. The molecule has 0 atom stereocenters. The van der Waals surface area contributed by atoms with Crippen molar-refractivity contribution >= 4 is 15.8 Å². The van der Waals surface area contributed by atoms with Crippen molar-refractivity contribution in [2.75, 3.05) is 17.6 Å². The minimum absolute atomic E-state index is 0.0689. The Morgan fingerprint density at radius 2 is 2.22 bits per heavy atom. The van der Waals surface area contributed by atoms with Gasteiger partial charge in [-0.2, -0.15) is 0 Å². The molecule has 0 spiro atoms. The summed E-state index contributed by atoms with van der Waals surface area (Å²) in [6.45, 7) is 2.83. The quantitative estimate of drug-likeness (QED) is 0.874.